The van der Waals surface area contributed by atoms with Crippen molar-refractivity contribution in [3.05, 3.63) is 94.8 Å². The lowest BCUT2D eigenvalue weighted by Gasteiger charge is -2.14. The molecule has 4 rings (SSSR count). The highest BCUT2D eigenvalue weighted by molar-refractivity contribution is 5.79. The van der Waals surface area contributed by atoms with Crippen LogP contribution in [0.15, 0.2) is 66.7 Å². The molecule has 4 nitrogen and oxygen atoms in total. The maximum absolute atomic E-state index is 13.3. The first-order valence-electron chi connectivity index (χ1n) is 9.44. The lowest BCUT2D eigenvalue weighted by atomic mass is 9.98. The maximum atomic E-state index is 13.3. The van der Waals surface area contributed by atoms with E-state index in [-0.39, 0.29) is 24.6 Å². The maximum Gasteiger partial charge on any atom is 0.407 e. The van der Waals surface area contributed by atoms with Gasteiger partial charge in [0.05, 0.1) is 12.1 Å². The number of hydrogen-bond acceptors (Lipinski definition) is 3. The highest BCUT2D eigenvalue weighted by Gasteiger charge is 2.28. The van der Waals surface area contributed by atoms with Gasteiger partial charge < -0.3 is 10.1 Å². The second-order valence-electron chi connectivity index (χ2n) is 6.79. The van der Waals surface area contributed by atoms with Crippen molar-refractivity contribution in [1.29, 1.82) is 5.26 Å². The Morgan fingerprint density at radius 1 is 1.03 bits per heavy atom. The van der Waals surface area contributed by atoms with Crippen LogP contribution in [0.5, 0.6) is 0 Å². The summed E-state index contributed by atoms with van der Waals surface area (Å²) in [5.74, 6) is 4.97. The molecule has 1 amide bonds. The van der Waals surface area contributed by atoms with Gasteiger partial charge >= 0.3 is 6.09 Å². The summed E-state index contributed by atoms with van der Waals surface area (Å²) in [5, 5.41) is 11.4. The molecule has 0 atom stereocenters. The fraction of sp³-hybridized carbons (Fsp3) is 0.120. The van der Waals surface area contributed by atoms with Gasteiger partial charge in [0.1, 0.15) is 18.5 Å². The molecule has 146 valence electrons. The molecule has 0 unspecified atom stereocenters. The number of rotatable bonds is 3. The Morgan fingerprint density at radius 2 is 1.70 bits per heavy atom. The lowest BCUT2D eigenvalue weighted by molar-refractivity contribution is 0.144. The van der Waals surface area contributed by atoms with Crippen molar-refractivity contribution in [2.24, 2.45) is 0 Å². The smallest absolute Gasteiger partial charge is 0.407 e. The van der Waals surface area contributed by atoms with Gasteiger partial charge in [0.25, 0.3) is 0 Å². The third-order valence-corrected chi connectivity index (χ3v) is 4.98. The van der Waals surface area contributed by atoms with Crippen molar-refractivity contribution >= 4 is 6.09 Å². The van der Waals surface area contributed by atoms with Crippen molar-refractivity contribution in [1.82, 2.24) is 5.32 Å². The molecule has 3 aromatic carbocycles. The fourth-order valence-corrected chi connectivity index (χ4v) is 3.60. The van der Waals surface area contributed by atoms with Crippen LogP contribution in [-0.2, 0) is 4.74 Å². The number of carbonyl (C=O) groups is 1. The largest absolute Gasteiger partial charge is 0.449 e. The number of alkyl carbamates (subject to hydrolysis) is 1. The molecule has 0 fully saturated rings. The summed E-state index contributed by atoms with van der Waals surface area (Å²) in [6.45, 7) is 0.312. The molecule has 1 aliphatic rings. The zero-order chi connectivity index (χ0) is 20.9. The van der Waals surface area contributed by atoms with Crippen LogP contribution in [0, 0.1) is 29.0 Å². The molecular weight excluding hydrogens is 379 g/mol. The minimum absolute atomic E-state index is 0.00199. The number of nitriles is 1. The molecule has 0 aliphatic heterocycles. The third kappa shape index (κ3) is 3.87. The normalized spacial score (nSPS) is 11.5. The molecule has 1 aliphatic carbocycles. The van der Waals surface area contributed by atoms with Gasteiger partial charge in [-0.05, 0) is 40.5 Å². The molecule has 5 heteroatoms. The van der Waals surface area contributed by atoms with Crippen LogP contribution in [0.25, 0.3) is 11.1 Å². The SMILES string of the molecule is N#Cc1cc(C#CCNC(=O)OCC2c3ccccc3-c3ccccc32)ccc1F. The number of benzene rings is 3. The summed E-state index contributed by atoms with van der Waals surface area (Å²) in [6, 6.07) is 22.1. The number of hydrogen-bond donors (Lipinski definition) is 1. The summed E-state index contributed by atoms with van der Waals surface area (Å²) in [6.07, 6.45) is -0.553. The summed E-state index contributed by atoms with van der Waals surface area (Å²) in [7, 11) is 0. The Bertz CT molecular complexity index is 1170. The fourth-order valence-electron chi connectivity index (χ4n) is 3.60. The van der Waals surface area contributed by atoms with Crippen molar-refractivity contribution in [3.63, 3.8) is 0 Å². The van der Waals surface area contributed by atoms with Crippen LogP contribution < -0.4 is 5.32 Å². The Balaban J connectivity index is 1.35. The molecule has 0 bridgehead atoms. The van der Waals surface area contributed by atoms with Gasteiger partial charge in [0.2, 0.25) is 0 Å². The quantitative estimate of drug-likeness (QED) is 0.659. The second-order valence-corrected chi connectivity index (χ2v) is 6.79. The zero-order valence-electron chi connectivity index (χ0n) is 16.0. The Hall–Kier alpha value is -4.09. The lowest BCUT2D eigenvalue weighted by Crippen LogP contribution is -2.26. The number of halogens is 1. The van der Waals surface area contributed by atoms with E-state index in [1.807, 2.05) is 24.3 Å². The van der Waals surface area contributed by atoms with E-state index in [9.17, 15) is 9.18 Å². The number of nitrogens with zero attached hydrogens (tertiary/aromatic N) is 1. The Morgan fingerprint density at radius 3 is 2.37 bits per heavy atom. The minimum atomic E-state index is -0.584. The van der Waals surface area contributed by atoms with Crippen molar-refractivity contribution in [2.75, 3.05) is 13.2 Å². The van der Waals surface area contributed by atoms with Gasteiger partial charge in [-0.15, -0.1) is 0 Å². The van der Waals surface area contributed by atoms with E-state index < -0.39 is 11.9 Å². The van der Waals surface area contributed by atoms with Crippen LogP contribution in [-0.4, -0.2) is 19.2 Å². The molecule has 0 radical (unpaired) electrons. The number of amides is 1. The van der Waals surface area contributed by atoms with Gasteiger partial charge in [-0.1, -0.05) is 60.4 Å². The van der Waals surface area contributed by atoms with Gasteiger partial charge in [0, 0.05) is 11.5 Å². The molecule has 3 aromatic rings. The van der Waals surface area contributed by atoms with E-state index >= 15 is 0 Å². The summed E-state index contributed by atoms with van der Waals surface area (Å²) in [5.41, 5.74) is 5.08. The van der Waals surface area contributed by atoms with Gasteiger partial charge in [-0.25, -0.2) is 9.18 Å². The summed E-state index contributed by atoms with van der Waals surface area (Å²) in [4.78, 5) is 12.1. The van der Waals surface area contributed by atoms with Gasteiger partial charge in [-0.3, -0.25) is 0 Å². The van der Waals surface area contributed by atoms with E-state index in [1.54, 1.807) is 6.07 Å². The van der Waals surface area contributed by atoms with E-state index in [0.29, 0.717) is 5.56 Å². The summed E-state index contributed by atoms with van der Waals surface area (Å²) < 4.78 is 18.8. The third-order valence-electron chi connectivity index (χ3n) is 4.98. The molecule has 1 N–H and O–H groups in total. The number of fused-ring (bicyclic) bond motifs is 3. The first-order valence-corrected chi connectivity index (χ1v) is 9.44. The van der Waals surface area contributed by atoms with Crippen LogP contribution in [0.1, 0.15) is 28.2 Å². The molecule has 0 aromatic heterocycles. The van der Waals surface area contributed by atoms with Crippen LogP contribution in [0.3, 0.4) is 0 Å². The minimum Gasteiger partial charge on any atom is -0.449 e. The molecular formula is C25H17FN2O2. The first-order chi connectivity index (χ1) is 14.7. The average molecular weight is 396 g/mol. The molecule has 0 saturated heterocycles. The highest BCUT2D eigenvalue weighted by atomic mass is 19.1. The van der Waals surface area contributed by atoms with E-state index in [0.717, 1.165) is 11.1 Å². The highest BCUT2D eigenvalue weighted by Crippen LogP contribution is 2.44. The Labute approximate surface area is 173 Å². The number of nitrogens with one attached hydrogen (secondary N) is 1. The Kier molecular flexibility index (Phi) is 5.46. The van der Waals surface area contributed by atoms with E-state index in [2.05, 4.69) is 41.4 Å². The first kappa shape index (κ1) is 19.2. The number of ether oxygens (including phenoxy) is 1. The average Bonchev–Trinajstić information content (AvgIpc) is 3.10. The zero-order valence-corrected chi connectivity index (χ0v) is 16.0. The molecule has 0 saturated carbocycles. The van der Waals surface area contributed by atoms with Gasteiger partial charge in [-0.2, -0.15) is 5.26 Å². The predicted molar refractivity (Wildman–Crippen MR) is 111 cm³/mol. The topological polar surface area (TPSA) is 62.1 Å². The van der Waals surface area contributed by atoms with Crippen LogP contribution in [0.4, 0.5) is 9.18 Å². The number of carbonyl (C=O) groups excluding carboxylic acids is 1. The van der Waals surface area contributed by atoms with Gasteiger partial charge in [0.15, 0.2) is 0 Å². The molecule has 0 heterocycles. The van der Waals surface area contributed by atoms with Crippen molar-refractivity contribution in [2.45, 2.75) is 5.92 Å². The van der Waals surface area contributed by atoms with E-state index in [1.165, 1.54) is 29.3 Å². The second kappa shape index (κ2) is 8.51. The van der Waals surface area contributed by atoms with Crippen molar-refractivity contribution < 1.29 is 13.9 Å². The van der Waals surface area contributed by atoms with Crippen LogP contribution >= 0.6 is 0 Å². The van der Waals surface area contributed by atoms with Crippen LogP contribution in [0.2, 0.25) is 0 Å². The summed E-state index contributed by atoms with van der Waals surface area (Å²) >= 11 is 0. The predicted octanol–water partition coefficient (Wildman–Crippen LogP) is 4.59. The van der Waals surface area contributed by atoms with E-state index in [4.69, 9.17) is 10.00 Å². The molecule has 0 spiro atoms. The van der Waals surface area contributed by atoms with Crippen molar-refractivity contribution in [3.8, 4) is 29.0 Å². The monoisotopic (exact) mass is 396 g/mol. The molecule has 30 heavy (non-hydrogen) atoms. The standard InChI is InChI=1S/C25H17FN2O2/c26-24-12-11-17(14-18(24)15-27)6-5-13-28-25(29)30-16-23-21-9-3-1-7-19(21)20-8-2-4-10-22(20)23/h1-4,7-12,14,23H,13,16H2,(H,28,29).